The number of aliphatic carboxylic acids is 1. The van der Waals surface area contributed by atoms with E-state index in [2.05, 4.69) is 0 Å². The summed E-state index contributed by atoms with van der Waals surface area (Å²) in [6, 6.07) is 7.79. The van der Waals surface area contributed by atoms with Crippen LogP contribution in [0.5, 0.6) is 5.75 Å². The molecule has 0 aliphatic heterocycles. The Labute approximate surface area is 137 Å². The van der Waals surface area contributed by atoms with E-state index >= 15 is 0 Å². The summed E-state index contributed by atoms with van der Waals surface area (Å²) in [6.45, 7) is 2.95. The number of rotatable bonds is 6. The molecular formula is C18H25NO4. The highest BCUT2D eigenvalue weighted by Gasteiger charge is 2.32. The van der Waals surface area contributed by atoms with Gasteiger partial charge in [0.1, 0.15) is 12.4 Å². The summed E-state index contributed by atoms with van der Waals surface area (Å²) in [5.41, 5.74) is 1.18. The number of nitrogens with zero attached hydrogens (tertiary/aromatic N) is 1. The Kier molecular flexibility index (Phi) is 6.02. The summed E-state index contributed by atoms with van der Waals surface area (Å²) in [5.74, 6) is -0.513. The number of carboxylic acid groups (broad SMARTS) is 1. The highest BCUT2D eigenvalue weighted by molar-refractivity contribution is 5.80. The van der Waals surface area contributed by atoms with Crippen LogP contribution in [0.3, 0.4) is 0 Å². The van der Waals surface area contributed by atoms with Gasteiger partial charge in [0, 0.05) is 13.0 Å². The predicted octanol–water partition coefficient (Wildman–Crippen LogP) is 2.72. The standard InChI is InChI=1S/C18H25NO4/c1-13-6-8-16(9-7-13)23-11-10-19(2)17(20)14-4-3-5-15(12-14)18(21)22/h6-9,14-15H,3-5,10-12H2,1-2H3,(H,21,22). The molecule has 0 bridgehead atoms. The van der Waals surface area contributed by atoms with Crippen LogP contribution in [0.15, 0.2) is 24.3 Å². The predicted molar refractivity (Wildman–Crippen MR) is 87.4 cm³/mol. The number of aryl methyl sites for hydroxylation is 1. The van der Waals surface area contributed by atoms with Crippen molar-refractivity contribution in [1.82, 2.24) is 4.90 Å². The number of carboxylic acids is 1. The monoisotopic (exact) mass is 319 g/mol. The normalized spacial score (nSPS) is 20.8. The van der Waals surface area contributed by atoms with Gasteiger partial charge >= 0.3 is 5.97 Å². The topological polar surface area (TPSA) is 66.8 Å². The molecule has 1 fully saturated rings. The largest absolute Gasteiger partial charge is 0.492 e. The first-order chi connectivity index (χ1) is 11.0. The Morgan fingerprint density at radius 1 is 1.22 bits per heavy atom. The van der Waals surface area contributed by atoms with Crippen molar-refractivity contribution in [2.45, 2.75) is 32.6 Å². The van der Waals surface area contributed by atoms with Gasteiger partial charge in [0.25, 0.3) is 0 Å². The fourth-order valence-electron chi connectivity index (χ4n) is 3.00. The summed E-state index contributed by atoms with van der Waals surface area (Å²) >= 11 is 0. The first kappa shape index (κ1) is 17.3. The third-order valence-corrected chi connectivity index (χ3v) is 4.47. The number of amides is 1. The van der Waals surface area contributed by atoms with E-state index < -0.39 is 5.97 Å². The molecule has 0 spiro atoms. The van der Waals surface area contributed by atoms with Gasteiger partial charge in [-0.3, -0.25) is 9.59 Å². The van der Waals surface area contributed by atoms with Crippen LogP contribution in [-0.4, -0.2) is 42.1 Å². The molecule has 1 amide bonds. The van der Waals surface area contributed by atoms with Crippen LogP contribution in [0, 0.1) is 18.8 Å². The van der Waals surface area contributed by atoms with E-state index in [-0.39, 0.29) is 17.7 Å². The number of ether oxygens (including phenoxy) is 1. The second-order valence-corrected chi connectivity index (χ2v) is 6.32. The molecule has 1 aliphatic carbocycles. The van der Waals surface area contributed by atoms with Crippen molar-refractivity contribution in [3.63, 3.8) is 0 Å². The molecule has 0 radical (unpaired) electrons. The Morgan fingerprint density at radius 3 is 2.52 bits per heavy atom. The fraction of sp³-hybridized carbons (Fsp3) is 0.556. The molecule has 126 valence electrons. The van der Waals surface area contributed by atoms with Gasteiger partial charge in [0.2, 0.25) is 5.91 Å². The molecule has 1 aromatic rings. The zero-order valence-electron chi connectivity index (χ0n) is 13.8. The van der Waals surface area contributed by atoms with E-state index in [0.717, 1.165) is 18.6 Å². The molecule has 1 saturated carbocycles. The zero-order valence-corrected chi connectivity index (χ0v) is 13.8. The van der Waals surface area contributed by atoms with E-state index in [0.29, 0.717) is 26.0 Å². The van der Waals surface area contributed by atoms with Gasteiger partial charge in [-0.15, -0.1) is 0 Å². The van der Waals surface area contributed by atoms with Crippen molar-refractivity contribution in [2.75, 3.05) is 20.2 Å². The number of benzene rings is 1. The van der Waals surface area contributed by atoms with Crippen LogP contribution in [0.25, 0.3) is 0 Å². The second kappa shape index (κ2) is 7.99. The van der Waals surface area contributed by atoms with Crippen molar-refractivity contribution in [1.29, 1.82) is 0 Å². The van der Waals surface area contributed by atoms with Crippen molar-refractivity contribution in [3.05, 3.63) is 29.8 Å². The molecule has 2 unspecified atom stereocenters. The maximum absolute atomic E-state index is 12.4. The highest BCUT2D eigenvalue weighted by Crippen LogP contribution is 2.30. The van der Waals surface area contributed by atoms with E-state index in [1.807, 2.05) is 31.2 Å². The summed E-state index contributed by atoms with van der Waals surface area (Å²) in [4.78, 5) is 25.2. The van der Waals surface area contributed by atoms with Gasteiger partial charge < -0.3 is 14.7 Å². The Hall–Kier alpha value is -2.04. The van der Waals surface area contributed by atoms with Gasteiger partial charge in [0.05, 0.1) is 12.5 Å². The molecule has 0 aromatic heterocycles. The van der Waals surface area contributed by atoms with Gasteiger partial charge in [-0.1, -0.05) is 24.1 Å². The second-order valence-electron chi connectivity index (χ2n) is 6.32. The quantitative estimate of drug-likeness (QED) is 0.875. The van der Waals surface area contributed by atoms with Crippen LogP contribution >= 0.6 is 0 Å². The van der Waals surface area contributed by atoms with Crippen LogP contribution in [0.2, 0.25) is 0 Å². The molecule has 1 aliphatic rings. The molecule has 2 rings (SSSR count). The lowest BCUT2D eigenvalue weighted by Gasteiger charge is -2.29. The van der Waals surface area contributed by atoms with Crippen molar-refractivity contribution < 1.29 is 19.4 Å². The van der Waals surface area contributed by atoms with E-state index in [9.17, 15) is 9.59 Å². The third-order valence-electron chi connectivity index (χ3n) is 4.47. The molecule has 23 heavy (non-hydrogen) atoms. The van der Waals surface area contributed by atoms with Crippen molar-refractivity contribution in [3.8, 4) is 5.75 Å². The smallest absolute Gasteiger partial charge is 0.306 e. The number of carbonyl (C=O) groups excluding carboxylic acids is 1. The number of likely N-dealkylation sites (N-methyl/N-ethyl adjacent to an activating group) is 1. The average molecular weight is 319 g/mol. The number of hydrogen-bond donors (Lipinski definition) is 1. The van der Waals surface area contributed by atoms with Gasteiger partial charge in [-0.05, 0) is 38.3 Å². The average Bonchev–Trinajstić information content (AvgIpc) is 2.56. The molecule has 5 nitrogen and oxygen atoms in total. The molecule has 1 aromatic carbocycles. The Morgan fingerprint density at radius 2 is 1.87 bits per heavy atom. The highest BCUT2D eigenvalue weighted by atomic mass is 16.5. The minimum atomic E-state index is -0.784. The minimum Gasteiger partial charge on any atom is -0.492 e. The number of hydrogen-bond acceptors (Lipinski definition) is 3. The van der Waals surface area contributed by atoms with Crippen molar-refractivity contribution in [2.24, 2.45) is 11.8 Å². The van der Waals surface area contributed by atoms with Crippen LogP contribution in [0.4, 0.5) is 0 Å². The first-order valence-corrected chi connectivity index (χ1v) is 8.14. The first-order valence-electron chi connectivity index (χ1n) is 8.14. The lowest BCUT2D eigenvalue weighted by atomic mass is 9.81. The van der Waals surface area contributed by atoms with Crippen LogP contribution in [0.1, 0.15) is 31.2 Å². The maximum Gasteiger partial charge on any atom is 0.306 e. The van der Waals surface area contributed by atoms with Gasteiger partial charge in [0.15, 0.2) is 0 Å². The van der Waals surface area contributed by atoms with Crippen molar-refractivity contribution >= 4 is 11.9 Å². The molecule has 5 heteroatoms. The minimum absolute atomic E-state index is 0.0310. The lowest BCUT2D eigenvalue weighted by molar-refractivity contribution is -0.145. The van der Waals surface area contributed by atoms with Crippen LogP contribution in [-0.2, 0) is 9.59 Å². The lowest BCUT2D eigenvalue weighted by Crippen LogP contribution is -2.38. The Balaban J connectivity index is 1.78. The maximum atomic E-state index is 12.4. The SMILES string of the molecule is Cc1ccc(OCCN(C)C(=O)C2CCCC(C(=O)O)C2)cc1. The van der Waals surface area contributed by atoms with Crippen LogP contribution < -0.4 is 4.74 Å². The number of carbonyl (C=O) groups is 2. The van der Waals surface area contributed by atoms with E-state index in [4.69, 9.17) is 9.84 Å². The summed E-state index contributed by atoms with van der Waals surface area (Å²) in [6.07, 6.45) is 2.73. The van der Waals surface area contributed by atoms with E-state index in [1.54, 1.807) is 11.9 Å². The fourth-order valence-corrected chi connectivity index (χ4v) is 3.00. The molecule has 0 heterocycles. The molecule has 0 saturated heterocycles. The molecule has 1 N–H and O–H groups in total. The van der Waals surface area contributed by atoms with E-state index in [1.165, 1.54) is 5.56 Å². The van der Waals surface area contributed by atoms with Gasteiger partial charge in [-0.2, -0.15) is 0 Å². The summed E-state index contributed by atoms with van der Waals surface area (Å²) in [7, 11) is 1.76. The summed E-state index contributed by atoms with van der Waals surface area (Å²) in [5, 5.41) is 9.12. The van der Waals surface area contributed by atoms with Gasteiger partial charge in [-0.25, -0.2) is 0 Å². The Bertz CT molecular complexity index is 540. The third kappa shape index (κ3) is 4.98. The molecular weight excluding hydrogens is 294 g/mol. The molecule has 2 atom stereocenters. The summed E-state index contributed by atoms with van der Waals surface area (Å²) < 4.78 is 5.64. The zero-order chi connectivity index (χ0) is 16.8.